The van der Waals surface area contributed by atoms with E-state index in [0.29, 0.717) is 35.3 Å². The van der Waals surface area contributed by atoms with Gasteiger partial charge in [-0.3, -0.25) is 0 Å². The molecule has 108 valence electrons. The lowest BCUT2D eigenvalue weighted by Gasteiger charge is -2.14. The van der Waals surface area contributed by atoms with Gasteiger partial charge in [-0.05, 0) is 38.1 Å². The standard InChI is InChI=1S/C13H19Cl2NO3/c1-9(17)4-5-16-7-11(18)8-19-13-3-2-10(14)6-12(13)15/h2-3,6,9,11,16-18H,4-5,7-8H2,1H3. The second kappa shape index (κ2) is 8.61. The highest BCUT2D eigenvalue weighted by molar-refractivity contribution is 6.35. The highest BCUT2D eigenvalue weighted by atomic mass is 35.5. The van der Waals surface area contributed by atoms with Crippen molar-refractivity contribution in [1.29, 1.82) is 0 Å². The molecule has 6 heteroatoms. The minimum absolute atomic E-state index is 0.142. The van der Waals surface area contributed by atoms with Gasteiger partial charge in [0.05, 0.1) is 11.1 Å². The van der Waals surface area contributed by atoms with E-state index in [4.69, 9.17) is 33.0 Å². The topological polar surface area (TPSA) is 61.7 Å². The Kier molecular flexibility index (Phi) is 7.49. The van der Waals surface area contributed by atoms with Crippen molar-refractivity contribution in [2.24, 2.45) is 0 Å². The molecule has 1 rings (SSSR count). The van der Waals surface area contributed by atoms with Crippen LogP contribution in [-0.4, -0.2) is 42.1 Å². The lowest BCUT2D eigenvalue weighted by Crippen LogP contribution is -2.32. The number of hydrogen-bond donors (Lipinski definition) is 3. The second-order valence-corrected chi connectivity index (χ2v) is 5.23. The lowest BCUT2D eigenvalue weighted by atomic mass is 10.3. The summed E-state index contributed by atoms with van der Waals surface area (Å²) in [5, 5.41) is 22.8. The van der Waals surface area contributed by atoms with Gasteiger partial charge in [-0.25, -0.2) is 0 Å². The van der Waals surface area contributed by atoms with Crippen molar-refractivity contribution in [2.45, 2.75) is 25.6 Å². The average Bonchev–Trinajstić information content (AvgIpc) is 2.33. The summed E-state index contributed by atoms with van der Waals surface area (Å²) in [6, 6.07) is 4.93. The van der Waals surface area contributed by atoms with Crippen LogP contribution >= 0.6 is 23.2 Å². The molecule has 2 atom stereocenters. The van der Waals surface area contributed by atoms with E-state index >= 15 is 0 Å². The summed E-state index contributed by atoms with van der Waals surface area (Å²) in [6.45, 7) is 2.92. The number of rotatable bonds is 8. The molecule has 2 unspecified atom stereocenters. The molecule has 1 aromatic carbocycles. The van der Waals surface area contributed by atoms with Gasteiger partial charge in [0.25, 0.3) is 0 Å². The van der Waals surface area contributed by atoms with Crippen LogP contribution in [0.4, 0.5) is 0 Å². The number of halogens is 2. The molecule has 0 bridgehead atoms. The number of aliphatic hydroxyl groups excluding tert-OH is 2. The van der Waals surface area contributed by atoms with Gasteiger partial charge < -0.3 is 20.3 Å². The fraction of sp³-hybridized carbons (Fsp3) is 0.538. The molecule has 0 aliphatic heterocycles. The van der Waals surface area contributed by atoms with Crippen LogP contribution in [0.1, 0.15) is 13.3 Å². The van der Waals surface area contributed by atoms with Crippen LogP contribution in [-0.2, 0) is 0 Å². The zero-order chi connectivity index (χ0) is 14.3. The third kappa shape index (κ3) is 6.99. The van der Waals surface area contributed by atoms with Gasteiger partial charge in [-0.1, -0.05) is 23.2 Å². The summed E-state index contributed by atoms with van der Waals surface area (Å²) < 4.78 is 5.40. The normalized spacial score (nSPS) is 14.2. The first-order valence-corrected chi connectivity index (χ1v) is 6.89. The third-order valence-corrected chi connectivity index (χ3v) is 2.97. The van der Waals surface area contributed by atoms with E-state index in [-0.39, 0.29) is 12.7 Å². The van der Waals surface area contributed by atoms with Gasteiger partial charge in [0, 0.05) is 11.6 Å². The average molecular weight is 308 g/mol. The van der Waals surface area contributed by atoms with Gasteiger partial charge in [-0.2, -0.15) is 0 Å². The molecule has 0 spiro atoms. The maximum absolute atomic E-state index is 9.70. The molecule has 0 radical (unpaired) electrons. The predicted molar refractivity (Wildman–Crippen MR) is 77.1 cm³/mol. The van der Waals surface area contributed by atoms with Crippen LogP contribution in [0.3, 0.4) is 0 Å². The van der Waals surface area contributed by atoms with E-state index in [2.05, 4.69) is 5.32 Å². The maximum Gasteiger partial charge on any atom is 0.138 e. The Hall–Kier alpha value is -0.520. The van der Waals surface area contributed by atoms with Crippen molar-refractivity contribution in [3.05, 3.63) is 28.2 Å². The fourth-order valence-corrected chi connectivity index (χ4v) is 1.88. The fourth-order valence-electron chi connectivity index (χ4n) is 1.42. The van der Waals surface area contributed by atoms with E-state index in [0.717, 1.165) is 0 Å². The van der Waals surface area contributed by atoms with Gasteiger partial charge in [-0.15, -0.1) is 0 Å². The zero-order valence-electron chi connectivity index (χ0n) is 10.8. The Balaban J connectivity index is 2.24. The number of aliphatic hydroxyl groups is 2. The van der Waals surface area contributed by atoms with Crippen molar-refractivity contribution in [2.75, 3.05) is 19.7 Å². The zero-order valence-corrected chi connectivity index (χ0v) is 12.3. The molecule has 1 aromatic rings. The number of hydrogen-bond acceptors (Lipinski definition) is 4. The molecule has 19 heavy (non-hydrogen) atoms. The molecule has 4 nitrogen and oxygen atoms in total. The van der Waals surface area contributed by atoms with Gasteiger partial charge >= 0.3 is 0 Å². The summed E-state index contributed by atoms with van der Waals surface area (Å²) in [4.78, 5) is 0. The first-order chi connectivity index (χ1) is 8.99. The molecule has 0 fully saturated rings. The summed E-state index contributed by atoms with van der Waals surface area (Å²) in [5.41, 5.74) is 0. The molecule has 0 heterocycles. The minimum Gasteiger partial charge on any atom is -0.489 e. The van der Waals surface area contributed by atoms with Gasteiger partial charge in [0.15, 0.2) is 0 Å². The number of nitrogens with one attached hydrogen (secondary N) is 1. The van der Waals surface area contributed by atoms with Crippen molar-refractivity contribution < 1.29 is 14.9 Å². The Morgan fingerprint density at radius 2 is 2.05 bits per heavy atom. The highest BCUT2D eigenvalue weighted by Gasteiger charge is 2.07. The molecular weight excluding hydrogens is 289 g/mol. The van der Waals surface area contributed by atoms with E-state index in [9.17, 15) is 5.11 Å². The van der Waals surface area contributed by atoms with Crippen molar-refractivity contribution in [1.82, 2.24) is 5.32 Å². The molecular formula is C13H19Cl2NO3. The molecule has 0 aromatic heterocycles. The Bertz CT molecular complexity index is 388. The van der Waals surface area contributed by atoms with Crippen molar-refractivity contribution in [3.8, 4) is 5.75 Å². The summed E-state index contributed by atoms with van der Waals surface area (Å²) >= 11 is 11.7. The smallest absolute Gasteiger partial charge is 0.138 e. The summed E-state index contributed by atoms with van der Waals surface area (Å²) in [7, 11) is 0. The van der Waals surface area contributed by atoms with Gasteiger partial charge in [0.2, 0.25) is 0 Å². The third-order valence-electron chi connectivity index (χ3n) is 2.44. The molecule has 3 N–H and O–H groups in total. The Labute approximate surface area is 123 Å². The van der Waals surface area contributed by atoms with E-state index < -0.39 is 6.10 Å². The monoisotopic (exact) mass is 307 g/mol. The largest absolute Gasteiger partial charge is 0.489 e. The predicted octanol–water partition coefficient (Wildman–Crippen LogP) is 2.09. The number of benzene rings is 1. The summed E-state index contributed by atoms with van der Waals surface area (Å²) in [5.74, 6) is 0.495. The first kappa shape index (κ1) is 16.5. The maximum atomic E-state index is 9.70. The Morgan fingerprint density at radius 1 is 1.32 bits per heavy atom. The quantitative estimate of drug-likeness (QED) is 0.644. The van der Waals surface area contributed by atoms with E-state index in [1.54, 1.807) is 25.1 Å². The van der Waals surface area contributed by atoms with Gasteiger partial charge in [0.1, 0.15) is 18.5 Å². The van der Waals surface area contributed by atoms with Crippen LogP contribution < -0.4 is 10.1 Å². The van der Waals surface area contributed by atoms with Crippen molar-refractivity contribution >= 4 is 23.2 Å². The Morgan fingerprint density at radius 3 is 2.68 bits per heavy atom. The lowest BCUT2D eigenvalue weighted by molar-refractivity contribution is 0.105. The summed E-state index contributed by atoms with van der Waals surface area (Å²) in [6.07, 6.45) is -0.328. The second-order valence-electron chi connectivity index (χ2n) is 4.38. The van der Waals surface area contributed by atoms with Crippen LogP contribution in [0.5, 0.6) is 5.75 Å². The molecule has 0 saturated heterocycles. The molecule has 0 saturated carbocycles. The van der Waals surface area contributed by atoms with Crippen LogP contribution in [0.15, 0.2) is 18.2 Å². The van der Waals surface area contributed by atoms with E-state index in [1.807, 2.05) is 0 Å². The van der Waals surface area contributed by atoms with Crippen molar-refractivity contribution in [3.63, 3.8) is 0 Å². The molecule has 0 aliphatic carbocycles. The van der Waals surface area contributed by atoms with E-state index in [1.165, 1.54) is 0 Å². The molecule has 0 amide bonds. The minimum atomic E-state index is -0.638. The van der Waals surface area contributed by atoms with Crippen LogP contribution in [0, 0.1) is 0 Å². The SMILES string of the molecule is CC(O)CCNCC(O)COc1ccc(Cl)cc1Cl. The number of ether oxygens (including phenoxy) is 1. The van der Waals surface area contributed by atoms with Crippen LogP contribution in [0.2, 0.25) is 10.0 Å². The molecule has 0 aliphatic rings. The van der Waals surface area contributed by atoms with Crippen LogP contribution in [0.25, 0.3) is 0 Å². The first-order valence-electron chi connectivity index (χ1n) is 6.13. The highest BCUT2D eigenvalue weighted by Crippen LogP contribution is 2.27.